The molecule has 1 aliphatic heterocycles. The van der Waals surface area contributed by atoms with E-state index in [1.807, 2.05) is 66.7 Å². The molecule has 6 rings (SSSR count). The number of amidine groups is 1. The van der Waals surface area contributed by atoms with Crippen LogP contribution in [0.4, 0.5) is 11.4 Å². The first-order valence-electron chi connectivity index (χ1n) is 16.4. The summed E-state index contributed by atoms with van der Waals surface area (Å²) in [6, 6.07) is 28.8. The van der Waals surface area contributed by atoms with E-state index < -0.39 is 32.1 Å². The van der Waals surface area contributed by atoms with Crippen LogP contribution in [0.2, 0.25) is 0 Å². The number of aliphatic hydroxyl groups excluding tert-OH is 1. The van der Waals surface area contributed by atoms with Crippen LogP contribution in [0, 0.1) is 5.41 Å². The first-order chi connectivity index (χ1) is 24.1. The van der Waals surface area contributed by atoms with E-state index in [4.69, 9.17) is 4.74 Å². The number of ketones is 1. The van der Waals surface area contributed by atoms with E-state index in [2.05, 4.69) is 40.5 Å². The van der Waals surface area contributed by atoms with Gasteiger partial charge in [0.05, 0.1) is 17.6 Å². The zero-order chi connectivity index (χ0) is 36.6. The molecule has 0 amide bonds. The Morgan fingerprint density at radius 2 is 1.63 bits per heavy atom. The molecule has 0 fully saturated rings. The fourth-order valence-corrected chi connectivity index (χ4v) is 8.01. The maximum absolute atomic E-state index is 15.1. The second-order valence-corrected chi connectivity index (χ2v) is 17.4. The minimum Gasteiger partial charge on any atom is -0.506 e. The number of aliphatic hydroxyl groups is 1. The lowest BCUT2D eigenvalue weighted by molar-refractivity contribution is -0.122. The number of para-hydroxylation sites is 1. The topological polar surface area (TPSA) is 170 Å². The molecule has 51 heavy (non-hydrogen) atoms. The van der Waals surface area contributed by atoms with Crippen LogP contribution in [0.15, 0.2) is 112 Å². The highest BCUT2D eigenvalue weighted by Crippen LogP contribution is 2.57. The fourth-order valence-electron chi connectivity index (χ4n) is 6.27. The maximum atomic E-state index is 15.1. The minimum absolute atomic E-state index is 0.0621. The Kier molecular flexibility index (Phi) is 9.79. The predicted molar refractivity (Wildman–Crippen MR) is 203 cm³/mol. The second kappa shape index (κ2) is 13.8. The van der Waals surface area contributed by atoms with Gasteiger partial charge in [0.15, 0.2) is 11.6 Å². The van der Waals surface area contributed by atoms with Gasteiger partial charge < -0.3 is 15.2 Å². The molecule has 2 aliphatic rings. The van der Waals surface area contributed by atoms with Gasteiger partial charge in [-0.25, -0.2) is 8.42 Å². The molecular weight excluding hydrogens is 689 g/mol. The number of anilines is 2. The molecule has 0 saturated carbocycles. The third kappa shape index (κ3) is 7.82. The van der Waals surface area contributed by atoms with Crippen molar-refractivity contribution in [3.63, 3.8) is 0 Å². The minimum atomic E-state index is -3.95. The van der Waals surface area contributed by atoms with Gasteiger partial charge in [0.1, 0.15) is 34.1 Å². The number of benzene rings is 4. The quantitative estimate of drug-likeness (QED) is 0.0900. The lowest BCUT2D eigenvalue weighted by Crippen LogP contribution is -2.53. The molecule has 1 atom stereocenters. The van der Waals surface area contributed by atoms with Crippen LogP contribution in [-0.2, 0) is 33.5 Å². The number of carbonyl (C=O) groups excluding carboxylic acids is 1. The molecule has 6 N–H and O–H groups in total. The summed E-state index contributed by atoms with van der Waals surface area (Å²) in [5.41, 5.74) is 1.40. The van der Waals surface area contributed by atoms with Crippen LogP contribution in [0.25, 0.3) is 5.76 Å². The normalized spacial score (nSPS) is 18.9. The average molecular weight is 731 g/mol. The highest BCUT2D eigenvalue weighted by atomic mass is 32.3. The van der Waals surface area contributed by atoms with Gasteiger partial charge >= 0.3 is 0 Å². The fraction of sp³-hybridized carbons (Fsp3) is 0.263. The molecule has 1 unspecified atom stereocenters. The summed E-state index contributed by atoms with van der Waals surface area (Å²) in [6.07, 6.45) is 1.95. The molecule has 0 radical (unpaired) electrons. The first-order valence-corrected chi connectivity index (χ1v) is 19.8. The summed E-state index contributed by atoms with van der Waals surface area (Å²) in [5, 5.41) is 18.4. The van der Waals surface area contributed by atoms with Gasteiger partial charge in [-0.15, -0.1) is 4.40 Å². The number of hydrogen-bond donors (Lipinski definition) is 6. The van der Waals surface area contributed by atoms with Crippen molar-refractivity contribution in [1.82, 2.24) is 5.32 Å². The van der Waals surface area contributed by atoms with Crippen molar-refractivity contribution in [1.29, 1.82) is 0 Å². The zero-order valence-corrected chi connectivity index (χ0v) is 30.4. The zero-order valence-electron chi connectivity index (χ0n) is 28.8. The molecule has 4 aromatic carbocycles. The summed E-state index contributed by atoms with van der Waals surface area (Å²) < 4.78 is 58.9. The van der Waals surface area contributed by atoms with Crippen LogP contribution in [0.5, 0.6) is 5.75 Å². The van der Waals surface area contributed by atoms with Gasteiger partial charge in [-0.2, -0.15) is 0 Å². The Hall–Kier alpha value is -4.66. The lowest BCUT2D eigenvalue weighted by Gasteiger charge is -2.42. The molecule has 268 valence electrons. The highest BCUT2D eigenvalue weighted by molar-refractivity contribution is 8.23. The van der Waals surface area contributed by atoms with E-state index in [1.165, 1.54) is 18.2 Å². The van der Waals surface area contributed by atoms with Gasteiger partial charge in [0, 0.05) is 17.7 Å². The molecule has 0 saturated heterocycles. The van der Waals surface area contributed by atoms with Crippen LogP contribution < -0.4 is 20.1 Å². The number of rotatable bonds is 11. The molecule has 1 heterocycles. The summed E-state index contributed by atoms with van der Waals surface area (Å²) in [4.78, 5) is 15.1. The Balaban J connectivity index is 1.41. The van der Waals surface area contributed by atoms with E-state index in [-0.39, 0.29) is 45.4 Å². The molecule has 4 aromatic rings. The van der Waals surface area contributed by atoms with Crippen molar-refractivity contribution >= 4 is 49.6 Å². The molecule has 1 aliphatic carbocycles. The number of nitrogens with zero attached hydrogens (tertiary/aromatic N) is 1. The number of nitrogens with one attached hydrogen (secondary N) is 3. The van der Waals surface area contributed by atoms with Gasteiger partial charge in [-0.3, -0.25) is 23.9 Å². The number of fused-ring (bicyclic) bond motifs is 2. The van der Waals surface area contributed by atoms with Crippen molar-refractivity contribution in [3.8, 4) is 5.75 Å². The smallest absolute Gasteiger partial charge is 0.229 e. The van der Waals surface area contributed by atoms with Crippen molar-refractivity contribution in [2.45, 2.75) is 57.2 Å². The highest BCUT2D eigenvalue weighted by Gasteiger charge is 2.50. The average Bonchev–Trinajstić information content (AvgIpc) is 3.07. The summed E-state index contributed by atoms with van der Waals surface area (Å²) in [6.45, 7) is 6.87. The Bertz CT molecular complexity index is 2140. The van der Waals surface area contributed by atoms with Gasteiger partial charge in [0.2, 0.25) is 10.0 Å². The summed E-state index contributed by atoms with van der Waals surface area (Å²) in [7, 11) is -7.60. The van der Waals surface area contributed by atoms with Crippen molar-refractivity contribution < 1.29 is 32.2 Å². The Morgan fingerprint density at radius 3 is 2.35 bits per heavy atom. The number of Topliss-reactive ketones (excluding diaryl/α,β-unsaturated/α-hetero) is 1. The Morgan fingerprint density at radius 1 is 0.941 bits per heavy atom. The predicted octanol–water partition coefficient (Wildman–Crippen LogP) is 7.85. The number of sulfonamides is 1. The lowest BCUT2D eigenvalue weighted by atomic mass is 9.69. The molecule has 11 nitrogen and oxygen atoms in total. The van der Waals surface area contributed by atoms with E-state index in [0.29, 0.717) is 36.3 Å². The summed E-state index contributed by atoms with van der Waals surface area (Å²) >= 11 is 0. The maximum Gasteiger partial charge on any atom is 0.229 e. The number of carbonyl (C=O) groups is 1. The van der Waals surface area contributed by atoms with Crippen LogP contribution in [0.1, 0.15) is 55.9 Å². The van der Waals surface area contributed by atoms with Crippen LogP contribution in [-0.4, -0.2) is 40.5 Å². The van der Waals surface area contributed by atoms with Gasteiger partial charge in [-0.1, -0.05) is 104 Å². The van der Waals surface area contributed by atoms with E-state index in [1.54, 1.807) is 12.1 Å². The number of ether oxygens (including phenoxy) is 1. The third-order valence-electron chi connectivity index (χ3n) is 8.82. The van der Waals surface area contributed by atoms with Crippen molar-refractivity contribution in [2.75, 3.05) is 16.3 Å². The first kappa shape index (κ1) is 36.1. The largest absolute Gasteiger partial charge is 0.506 e. The van der Waals surface area contributed by atoms with Gasteiger partial charge in [-0.05, 0) is 53.6 Å². The van der Waals surface area contributed by atoms with Gasteiger partial charge in [0.25, 0.3) is 0 Å². The SMILES string of the molecule is CC(C)(C)CCC1(NCc2ccccc2OCc2ccccc2)C(=O)C(C2=NS(O)(O)c3cc(NS(C)(=O)=O)ccc3N2)=C(O)c2ccccc21. The monoisotopic (exact) mass is 730 g/mol. The molecule has 0 spiro atoms. The molecule has 0 aromatic heterocycles. The van der Waals surface area contributed by atoms with E-state index in [9.17, 15) is 22.6 Å². The van der Waals surface area contributed by atoms with E-state index in [0.717, 1.165) is 17.4 Å². The standard InChI is InChI=1S/C38H42N4O7S2/c1-37(2,3)20-21-38(39-23-26-14-8-11-17-31(26)49-24-25-12-6-5-7-13-25)29-16-10-9-15-28(29)34(43)33(35(38)44)36-40-30-19-18-27(41-50(4,45)46)22-32(30)51(47,48)42-36/h5-19,22,39,41,43,47-48H,20-21,23-24H2,1-4H3,(H,40,42). The molecule has 0 bridgehead atoms. The third-order valence-corrected chi connectivity index (χ3v) is 10.8. The summed E-state index contributed by atoms with van der Waals surface area (Å²) in [5.74, 6) is -0.401. The van der Waals surface area contributed by atoms with E-state index >= 15 is 4.79 Å². The molecular formula is C38H42N4O7S2. The van der Waals surface area contributed by atoms with Crippen LogP contribution >= 0.6 is 10.8 Å². The Labute approximate surface area is 300 Å². The molecule has 13 heteroatoms. The van der Waals surface area contributed by atoms with Crippen LogP contribution in [0.3, 0.4) is 0 Å². The second-order valence-electron chi connectivity index (χ2n) is 14.0. The van der Waals surface area contributed by atoms with Crippen molar-refractivity contribution in [3.05, 3.63) is 125 Å². The van der Waals surface area contributed by atoms with Crippen molar-refractivity contribution in [2.24, 2.45) is 9.81 Å². The number of hydrogen-bond acceptors (Lipinski definition) is 10.